The maximum absolute atomic E-state index is 12.6. The van der Waals surface area contributed by atoms with Crippen LogP contribution in [-0.4, -0.2) is 60.6 Å². The second-order valence-corrected chi connectivity index (χ2v) is 10.9. The summed E-state index contributed by atoms with van der Waals surface area (Å²) in [7, 11) is 3.93. The quantitative estimate of drug-likeness (QED) is 0.487. The molecule has 1 aliphatic heterocycles. The van der Waals surface area contributed by atoms with Crippen LogP contribution in [0.15, 0.2) is 36.5 Å². The summed E-state index contributed by atoms with van der Waals surface area (Å²) < 4.78 is 6.64. The number of nitrogens with zero attached hydrogens (tertiary/aromatic N) is 3. The van der Waals surface area contributed by atoms with E-state index in [2.05, 4.69) is 27.6 Å². The van der Waals surface area contributed by atoms with Gasteiger partial charge in [-0.25, -0.2) is 4.98 Å². The molecule has 0 bridgehead atoms. The van der Waals surface area contributed by atoms with Crippen LogP contribution in [0.4, 0.5) is 5.69 Å². The standard InChI is InChI=1S/C27H35N5O2S/c1-32(20-10-13-28-14-11-20)17-18-6-8-19(9-7-18)27-31-23-15-24(34-2)22(16-25(23)35-27)30-26(33)21-5-3-4-12-29-21/h3-5,12,15-16,18-20,28H,6-11,13-14,17H2,1-2H3,(H,30,33). The lowest BCUT2D eigenvalue weighted by molar-refractivity contribution is 0.102. The molecule has 1 amide bonds. The predicted molar refractivity (Wildman–Crippen MR) is 142 cm³/mol. The Kier molecular flexibility index (Phi) is 7.60. The maximum Gasteiger partial charge on any atom is 0.274 e. The average molecular weight is 494 g/mol. The van der Waals surface area contributed by atoms with E-state index in [0.717, 1.165) is 35.3 Å². The molecule has 1 aliphatic carbocycles. The molecule has 1 saturated heterocycles. The van der Waals surface area contributed by atoms with Gasteiger partial charge in [0.2, 0.25) is 0 Å². The van der Waals surface area contributed by atoms with E-state index >= 15 is 0 Å². The van der Waals surface area contributed by atoms with E-state index in [1.807, 2.05) is 12.1 Å². The summed E-state index contributed by atoms with van der Waals surface area (Å²) in [5.41, 5.74) is 1.96. The number of piperidine rings is 1. The van der Waals surface area contributed by atoms with E-state index in [1.54, 1.807) is 42.8 Å². The van der Waals surface area contributed by atoms with Crippen molar-refractivity contribution in [1.29, 1.82) is 0 Å². The van der Waals surface area contributed by atoms with Gasteiger partial charge >= 0.3 is 0 Å². The molecule has 35 heavy (non-hydrogen) atoms. The zero-order valence-corrected chi connectivity index (χ0v) is 21.4. The van der Waals surface area contributed by atoms with Gasteiger partial charge in [0.1, 0.15) is 11.4 Å². The predicted octanol–water partition coefficient (Wildman–Crippen LogP) is 4.91. The Morgan fingerprint density at radius 2 is 1.97 bits per heavy atom. The van der Waals surface area contributed by atoms with Crippen molar-refractivity contribution in [3.05, 3.63) is 47.2 Å². The lowest BCUT2D eigenvalue weighted by atomic mass is 9.82. The topological polar surface area (TPSA) is 79.4 Å². The molecule has 1 aromatic carbocycles. The number of carbonyl (C=O) groups is 1. The third-order valence-electron chi connectivity index (χ3n) is 7.55. The van der Waals surface area contributed by atoms with Gasteiger partial charge in [0.25, 0.3) is 5.91 Å². The number of benzene rings is 1. The van der Waals surface area contributed by atoms with Crippen LogP contribution in [0.1, 0.15) is 59.9 Å². The van der Waals surface area contributed by atoms with Crippen LogP contribution in [-0.2, 0) is 0 Å². The van der Waals surface area contributed by atoms with Crippen LogP contribution >= 0.6 is 11.3 Å². The van der Waals surface area contributed by atoms with E-state index in [4.69, 9.17) is 9.72 Å². The molecule has 2 aliphatic rings. The van der Waals surface area contributed by atoms with Crippen molar-refractivity contribution >= 4 is 33.1 Å². The zero-order valence-electron chi connectivity index (χ0n) is 20.6. The first-order chi connectivity index (χ1) is 17.1. The van der Waals surface area contributed by atoms with Crippen molar-refractivity contribution in [3.8, 4) is 5.75 Å². The number of hydrogen-bond donors (Lipinski definition) is 2. The Hall–Kier alpha value is -2.55. The molecular formula is C27H35N5O2S. The molecule has 0 unspecified atom stereocenters. The average Bonchev–Trinajstić information content (AvgIpc) is 3.32. The van der Waals surface area contributed by atoms with Gasteiger partial charge in [-0.15, -0.1) is 11.3 Å². The minimum Gasteiger partial charge on any atom is -0.494 e. The third-order valence-corrected chi connectivity index (χ3v) is 8.73. The van der Waals surface area contributed by atoms with Crippen LogP contribution in [0.2, 0.25) is 0 Å². The number of ether oxygens (including phenoxy) is 1. The first kappa shape index (κ1) is 24.2. The molecule has 0 radical (unpaired) electrons. The van der Waals surface area contributed by atoms with Crippen molar-refractivity contribution in [2.75, 3.05) is 39.1 Å². The van der Waals surface area contributed by atoms with Gasteiger partial charge in [-0.3, -0.25) is 9.78 Å². The van der Waals surface area contributed by atoms with E-state index in [9.17, 15) is 4.79 Å². The molecule has 0 atom stereocenters. The van der Waals surface area contributed by atoms with Gasteiger partial charge in [-0.2, -0.15) is 0 Å². The second-order valence-electron chi connectivity index (χ2n) is 9.88. The summed E-state index contributed by atoms with van der Waals surface area (Å²) >= 11 is 1.75. The van der Waals surface area contributed by atoms with Crippen LogP contribution in [0, 0.1) is 5.92 Å². The van der Waals surface area contributed by atoms with Crippen LogP contribution in [0.3, 0.4) is 0 Å². The highest BCUT2D eigenvalue weighted by Crippen LogP contribution is 2.41. The van der Waals surface area contributed by atoms with Gasteiger partial charge < -0.3 is 20.3 Å². The SMILES string of the molecule is COc1cc2nc(C3CCC(CN(C)C4CCNCC4)CC3)sc2cc1NC(=O)c1ccccn1. The van der Waals surface area contributed by atoms with E-state index in [-0.39, 0.29) is 5.91 Å². The maximum atomic E-state index is 12.6. The van der Waals surface area contributed by atoms with Crippen molar-refractivity contribution in [2.24, 2.45) is 5.92 Å². The Bertz CT molecular complexity index is 1140. The number of aromatic nitrogens is 2. The normalized spacial score (nSPS) is 21.3. The third kappa shape index (κ3) is 5.66. The van der Waals surface area contributed by atoms with Crippen LogP contribution < -0.4 is 15.4 Å². The number of anilines is 1. The summed E-state index contributed by atoms with van der Waals surface area (Å²) in [6.45, 7) is 3.52. The number of hydrogen-bond acceptors (Lipinski definition) is 7. The van der Waals surface area contributed by atoms with Gasteiger partial charge in [0, 0.05) is 30.8 Å². The minimum atomic E-state index is -0.249. The fraction of sp³-hybridized carbons (Fsp3) is 0.519. The lowest BCUT2D eigenvalue weighted by Crippen LogP contribution is -2.43. The molecule has 3 aromatic rings. The molecule has 8 heteroatoms. The number of nitrogens with one attached hydrogen (secondary N) is 2. The van der Waals surface area contributed by atoms with E-state index in [0.29, 0.717) is 23.0 Å². The first-order valence-electron chi connectivity index (χ1n) is 12.7. The molecule has 2 fully saturated rings. The summed E-state index contributed by atoms with van der Waals surface area (Å²) in [6, 6.07) is 9.95. The summed E-state index contributed by atoms with van der Waals surface area (Å²) in [5, 5.41) is 7.63. The van der Waals surface area contributed by atoms with Gasteiger partial charge in [-0.05, 0) is 82.8 Å². The number of amides is 1. The smallest absolute Gasteiger partial charge is 0.274 e. The minimum absolute atomic E-state index is 0.249. The lowest BCUT2D eigenvalue weighted by Gasteiger charge is -2.36. The number of carbonyl (C=O) groups excluding carboxylic acids is 1. The Balaban J connectivity index is 1.24. The first-order valence-corrected chi connectivity index (χ1v) is 13.5. The zero-order chi connectivity index (χ0) is 24.2. The highest BCUT2D eigenvalue weighted by Gasteiger charge is 2.27. The number of rotatable bonds is 7. The molecule has 1 saturated carbocycles. The summed E-state index contributed by atoms with van der Waals surface area (Å²) in [4.78, 5) is 24.4. The number of fused-ring (bicyclic) bond motifs is 1. The van der Waals surface area contributed by atoms with Crippen LogP contribution in [0.5, 0.6) is 5.75 Å². The summed E-state index contributed by atoms with van der Waals surface area (Å²) in [5.74, 6) is 1.67. The fourth-order valence-electron chi connectivity index (χ4n) is 5.49. The van der Waals surface area contributed by atoms with Crippen molar-refractivity contribution in [1.82, 2.24) is 20.2 Å². The van der Waals surface area contributed by atoms with E-state index < -0.39 is 0 Å². The highest BCUT2D eigenvalue weighted by atomic mass is 32.1. The van der Waals surface area contributed by atoms with Crippen molar-refractivity contribution in [3.63, 3.8) is 0 Å². The molecular weight excluding hydrogens is 458 g/mol. The monoisotopic (exact) mass is 493 g/mol. The molecule has 186 valence electrons. The van der Waals surface area contributed by atoms with Crippen LogP contribution in [0.25, 0.3) is 10.2 Å². The van der Waals surface area contributed by atoms with E-state index in [1.165, 1.54) is 50.1 Å². The number of methoxy groups -OCH3 is 1. The fourth-order valence-corrected chi connectivity index (χ4v) is 6.65. The Labute approximate surface area is 211 Å². The Morgan fingerprint density at radius 1 is 1.17 bits per heavy atom. The van der Waals surface area contributed by atoms with Crippen molar-refractivity contribution < 1.29 is 9.53 Å². The Morgan fingerprint density at radius 3 is 2.69 bits per heavy atom. The largest absolute Gasteiger partial charge is 0.494 e. The molecule has 2 aromatic heterocycles. The number of thiazole rings is 1. The molecule has 0 spiro atoms. The van der Waals surface area contributed by atoms with Gasteiger partial charge in [0.05, 0.1) is 28.0 Å². The van der Waals surface area contributed by atoms with Gasteiger partial charge in [0.15, 0.2) is 0 Å². The highest BCUT2D eigenvalue weighted by molar-refractivity contribution is 7.18. The number of pyridine rings is 1. The molecule has 5 rings (SSSR count). The van der Waals surface area contributed by atoms with Crippen molar-refractivity contribution in [2.45, 2.75) is 50.5 Å². The molecule has 7 nitrogen and oxygen atoms in total. The summed E-state index contributed by atoms with van der Waals surface area (Å²) in [6.07, 6.45) is 9.09. The molecule has 3 heterocycles. The van der Waals surface area contributed by atoms with Gasteiger partial charge in [-0.1, -0.05) is 6.07 Å². The second kappa shape index (κ2) is 11.0. The molecule has 2 N–H and O–H groups in total.